The summed E-state index contributed by atoms with van der Waals surface area (Å²) in [5.41, 5.74) is 1.40. The Morgan fingerprint density at radius 3 is 1.74 bits per heavy atom. The van der Waals surface area contributed by atoms with E-state index in [1.165, 1.54) is 5.56 Å². The van der Waals surface area contributed by atoms with Gasteiger partial charge in [0.1, 0.15) is 7.14 Å². The molecule has 0 fully saturated rings. The van der Waals surface area contributed by atoms with Crippen molar-refractivity contribution in [2.24, 2.45) is 0 Å². The van der Waals surface area contributed by atoms with Crippen LogP contribution < -0.4 is 10.6 Å². The predicted octanol–water partition coefficient (Wildman–Crippen LogP) is 3.93. The summed E-state index contributed by atoms with van der Waals surface area (Å²) in [7, 11) is -2.47. The Kier molecular flexibility index (Phi) is 3.69. The zero-order chi connectivity index (χ0) is 14.1. The summed E-state index contributed by atoms with van der Waals surface area (Å²) >= 11 is 0. The summed E-state index contributed by atoms with van der Waals surface area (Å²) in [6, 6.07) is 17.9. The van der Waals surface area contributed by atoms with Crippen LogP contribution in [0.2, 0.25) is 0 Å². The first-order chi connectivity index (χ1) is 8.82. The van der Waals surface area contributed by atoms with Gasteiger partial charge in [0, 0.05) is 10.6 Å². The molecule has 100 valence electrons. The first-order valence-corrected chi connectivity index (χ1v) is 8.71. The molecule has 0 radical (unpaired) electrons. The molecule has 1 atom stereocenters. The second kappa shape index (κ2) is 4.98. The van der Waals surface area contributed by atoms with Crippen LogP contribution in [-0.4, -0.2) is 6.66 Å². The molecule has 0 aromatic heterocycles. The molecule has 0 bridgehead atoms. The Morgan fingerprint density at radius 2 is 1.26 bits per heavy atom. The predicted molar refractivity (Wildman–Crippen MR) is 84.4 cm³/mol. The van der Waals surface area contributed by atoms with Gasteiger partial charge in [-0.1, -0.05) is 75.4 Å². The lowest BCUT2D eigenvalue weighted by atomic mass is 9.87. The Labute approximate surface area is 116 Å². The highest BCUT2D eigenvalue weighted by molar-refractivity contribution is 7.78. The first kappa shape index (κ1) is 14.1. The average molecular weight is 272 g/mol. The lowest BCUT2D eigenvalue weighted by Crippen LogP contribution is -2.17. The molecule has 1 unspecified atom stereocenters. The monoisotopic (exact) mass is 272 g/mol. The quantitative estimate of drug-likeness (QED) is 0.757. The van der Waals surface area contributed by atoms with E-state index in [1.54, 1.807) is 0 Å². The minimum atomic E-state index is -2.47. The van der Waals surface area contributed by atoms with E-state index in [4.69, 9.17) is 0 Å². The van der Waals surface area contributed by atoms with E-state index in [-0.39, 0.29) is 5.41 Å². The van der Waals surface area contributed by atoms with Gasteiger partial charge in [-0.25, -0.2) is 0 Å². The van der Waals surface area contributed by atoms with Gasteiger partial charge in [0.25, 0.3) is 0 Å². The van der Waals surface area contributed by atoms with Crippen molar-refractivity contribution in [1.29, 1.82) is 0 Å². The van der Waals surface area contributed by atoms with Crippen LogP contribution in [0.25, 0.3) is 0 Å². The summed E-state index contributed by atoms with van der Waals surface area (Å²) in [6.07, 6.45) is 0. The largest absolute Gasteiger partial charge is 0.314 e. The van der Waals surface area contributed by atoms with Crippen LogP contribution >= 0.6 is 7.14 Å². The SMILES string of the molecule is CC(C)(C)c1ccc(P(C)(=O)c2ccccc2)cc1. The minimum Gasteiger partial charge on any atom is -0.314 e. The third-order valence-electron chi connectivity index (χ3n) is 3.47. The van der Waals surface area contributed by atoms with Gasteiger partial charge in [-0.05, 0) is 17.6 Å². The molecule has 0 saturated carbocycles. The number of hydrogen-bond acceptors (Lipinski definition) is 1. The van der Waals surface area contributed by atoms with Gasteiger partial charge in [0.05, 0.1) is 0 Å². The van der Waals surface area contributed by atoms with E-state index in [1.807, 2.05) is 49.1 Å². The fourth-order valence-corrected chi connectivity index (χ4v) is 3.86. The molecular weight excluding hydrogens is 251 g/mol. The topological polar surface area (TPSA) is 17.1 Å². The Balaban J connectivity index is 2.40. The number of rotatable bonds is 2. The van der Waals surface area contributed by atoms with Crippen LogP contribution in [-0.2, 0) is 9.98 Å². The lowest BCUT2D eigenvalue weighted by molar-refractivity contribution is 0.588. The van der Waals surface area contributed by atoms with Crippen molar-refractivity contribution >= 4 is 17.8 Å². The highest BCUT2D eigenvalue weighted by atomic mass is 31.2. The third kappa shape index (κ3) is 2.98. The average Bonchev–Trinajstić information content (AvgIpc) is 2.39. The zero-order valence-corrected chi connectivity index (χ0v) is 12.9. The molecule has 0 aliphatic carbocycles. The maximum atomic E-state index is 13.0. The summed E-state index contributed by atoms with van der Waals surface area (Å²) < 4.78 is 13.0. The minimum absolute atomic E-state index is 0.128. The van der Waals surface area contributed by atoms with E-state index in [2.05, 4.69) is 32.9 Å². The van der Waals surface area contributed by atoms with Crippen LogP contribution in [0.5, 0.6) is 0 Å². The second-order valence-corrected chi connectivity index (χ2v) is 8.94. The van der Waals surface area contributed by atoms with Gasteiger partial charge in [0.2, 0.25) is 0 Å². The van der Waals surface area contributed by atoms with Gasteiger partial charge in [-0.3, -0.25) is 0 Å². The van der Waals surface area contributed by atoms with E-state index in [9.17, 15) is 4.57 Å². The molecule has 0 N–H and O–H groups in total. The van der Waals surface area contributed by atoms with Gasteiger partial charge in [-0.2, -0.15) is 0 Å². The smallest absolute Gasteiger partial charge is 0.140 e. The third-order valence-corrected chi connectivity index (χ3v) is 6.04. The van der Waals surface area contributed by atoms with E-state index in [0.29, 0.717) is 0 Å². The summed E-state index contributed by atoms with van der Waals surface area (Å²) in [6.45, 7) is 8.40. The zero-order valence-electron chi connectivity index (χ0n) is 12.1. The normalized spacial score (nSPS) is 14.9. The number of benzene rings is 2. The molecule has 2 aromatic carbocycles. The molecule has 0 amide bonds. The van der Waals surface area contributed by atoms with Gasteiger partial charge in [0.15, 0.2) is 0 Å². The Bertz CT molecular complexity index is 591. The lowest BCUT2D eigenvalue weighted by Gasteiger charge is -2.20. The van der Waals surface area contributed by atoms with Crippen LogP contribution in [0.15, 0.2) is 54.6 Å². The van der Waals surface area contributed by atoms with Crippen molar-refractivity contribution in [2.75, 3.05) is 6.66 Å². The van der Waals surface area contributed by atoms with Crippen LogP contribution in [0, 0.1) is 0 Å². The standard InChI is InChI=1S/C17H21OP/c1-17(2,3)14-10-12-16(13-11-14)19(4,18)15-8-6-5-7-9-15/h5-13H,1-4H3. The molecular formula is C17H21OP. The fraction of sp³-hybridized carbons (Fsp3) is 0.294. The molecule has 1 nitrogen and oxygen atoms in total. The van der Waals surface area contributed by atoms with Crippen molar-refractivity contribution in [3.05, 3.63) is 60.2 Å². The Hall–Kier alpha value is -1.33. The van der Waals surface area contributed by atoms with Crippen molar-refractivity contribution in [3.63, 3.8) is 0 Å². The summed E-state index contributed by atoms with van der Waals surface area (Å²) in [5.74, 6) is 0. The second-order valence-electron chi connectivity index (χ2n) is 6.06. The molecule has 0 heterocycles. The Morgan fingerprint density at radius 1 is 0.789 bits per heavy atom. The highest BCUT2D eigenvalue weighted by Gasteiger charge is 2.21. The highest BCUT2D eigenvalue weighted by Crippen LogP contribution is 2.38. The van der Waals surface area contributed by atoms with E-state index < -0.39 is 7.14 Å². The first-order valence-electron chi connectivity index (χ1n) is 6.56. The molecule has 0 aliphatic heterocycles. The molecule has 0 saturated heterocycles. The van der Waals surface area contributed by atoms with Crippen LogP contribution in [0.4, 0.5) is 0 Å². The maximum absolute atomic E-state index is 13.0. The summed E-state index contributed by atoms with van der Waals surface area (Å²) in [5, 5.41) is 1.84. The van der Waals surface area contributed by atoms with Crippen molar-refractivity contribution in [2.45, 2.75) is 26.2 Å². The molecule has 2 aromatic rings. The van der Waals surface area contributed by atoms with Crippen molar-refractivity contribution in [3.8, 4) is 0 Å². The van der Waals surface area contributed by atoms with Crippen LogP contribution in [0.1, 0.15) is 26.3 Å². The molecule has 19 heavy (non-hydrogen) atoms. The van der Waals surface area contributed by atoms with Crippen molar-refractivity contribution in [1.82, 2.24) is 0 Å². The van der Waals surface area contributed by atoms with E-state index >= 15 is 0 Å². The van der Waals surface area contributed by atoms with Crippen LogP contribution in [0.3, 0.4) is 0 Å². The maximum Gasteiger partial charge on any atom is 0.140 e. The molecule has 2 rings (SSSR count). The summed E-state index contributed by atoms with van der Waals surface area (Å²) in [4.78, 5) is 0. The fourth-order valence-electron chi connectivity index (χ4n) is 2.11. The molecule has 2 heteroatoms. The molecule has 0 aliphatic rings. The number of hydrogen-bond donors (Lipinski definition) is 0. The van der Waals surface area contributed by atoms with E-state index in [0.717, 1.165) is 10.6 Å². The van der Waals surface area contributed by atoms with Gasteiger partial charge >= 0.3 is 0 Å². The van der Waals surface area contributed by atoms with Gasteiger partial charge in [-0.15, -0.1) is 0 Å². The van der Waals surface area contributed by atoms with Crippen molar-refractivity contribution < 1.29 is 4.57 Å². The molecule has 0 spiro atoms. The van der Waals surface area contributed by atoms with Gasteiger partial charge < -0.3 is 4.57 Å².